The summed E-state index contributed by atoms with van der Waals surface area (Å²) >= 11 is 1.75. The summed E-state index contributed by atoms with van der Waals surface area (Å²) in [7, 11) is 0. The molecule has 22 heavy (non-hydrogen) atoms. The SMILES string of the molecule is c1ccc(-c2csc(CN3CC(c4cccnc4)C3)n2)cc1. The fraction of sp³-hybridized carbons (Fsp3) is 0.222. The Balaban J connectivity index is 1.37. The van der Waals surface area contributed by atoms with Crippen molar-refractivity contribution in [3.8, 4) is 11.3 Å². The number of thiazole rings is 1. The van der Waals surface area contributed by atoms with Crippen LogP contribution in [-0.2, 0) is 6.54 Å². The highest BCUT2D eigenvalue weighted by molar-refractivity contribution is 7.09. The van der Waals surface area contributed by atoms with Gasteiger partial charge in [-0.05, 0) is 11.6 Å². The lowest BCUT2D eigenvalue weighted by atomic mass is 9.93. The van der Waals surface area contributed by atoms with Crippen molar-refractivity contribution in [3.63, 3.8) is 0 Å². The summed E-state index contributed by atoms with van der Waals surface area (Å²) in [5.41, 5.74) is 3.63. The van der Waals surface area contributed by atoms with Gasteiger partial charge in [-0.3, -0.25) is 9.88 Å². The normalized spacial score (nSPS) is 15.6. The Morgan fingerprint density at radius 2 is 1.95 bits per heavy atom. The van der Waals surface area contributed by atoms with Gasteiger partial charge in [0, 0.05) is 42.3 Å². The van der Waals surface area contributed by atoms with E-state index in [9.17, 15) is 0 Å². The molecule has 0 atom stereocenters. The van der Waals surface area contributed by atoms with Crippen LogP contribution in [0.25, 0.3) is 11.3 Å². The lowest BCUT2D eigenvalue weighted by Crippen LogP contribution is -2.44. The fourth-order valence-electron chi connectivity index (χ4n) is 2.84. The Bertz CT molecular complexity index is 733. The monoisotopic (exact) mass is 307 g/mol. The average Bonchev–Trinajstić information content (AvgIpc) is 3.01. The predicted octanol–water partition coefficient (Wildman–Crippen LogP) is 3.80. The van der Waals surface area contributed by atoms with Crippen molar-refractivity contribution in [3.05, 3.63) is 70.8 Å². The molecule has 1 fully saturated rings. The number of pyridine rings is 1. The van der Waals surface area contributed by atoms with E-state index >= 15 is 0 Å². The van der Waals surface area contributed by atoms with Crippen LogP contribution in [0.1, 0.15) is 16.5 Å². The molecule has 110 valence electrons. The quantitative estimate of drug-likeness (QED) is 0.734. The highest BCUT2D eigenvalue weighted by Gasteiger charge is 2.28. The molecule has 0 spiro atoms. The van der Waals surface area contributed by atoms with Crippen molar-refractivity contribution in [1.29, 1.82) is 0 Å². The topological polar surface area (TPSA) is 29.0 Å². The molecule has 1 aliphatic heterocycles. The van der Waals surface area contributed by atoms with E-state index in [0.717, 1.165) is 25.3 Å². The van der Waals surface area contributed by atoms with Crippen LogP contribution in [0.4, 0.5) is 0 Å². The van der Waals surface area contributed by atoms with Crippen molar-refractivity contribution in [2.45, 2.75) is 12.5 Å². The fourth-order valence-corrected chi connectivity index (χ4v) is 3.69. The molecule has 1 aliphatic rings. The van der Waals surface area contributed by atoms with Gasteiger partial charge in [0.2, 0.25) is 0 Å². The van der Waals surface area contributed by atoms with Crippen LogP contribution in [0.2, 0.25) is 0 Å². The summed E-state index contributed by atoms with van der Waals surface area (Å²) in [4.78, 5) is 11.4. The van der Waals surface area contributed by atoms with Crippen LogP contribution < -0.4 is 0 Å². The number of hydrogen-bond acceptors (Lipinski definition) is 4. The maximum Gasteiger partial charge on any atom is 0.107 e. The van der Waals surface area contributed by atoms with E-state index in [-0.39, 0.29) is 0 Å². The maximum absolute atomic E-state index is 4.76. The highest BCUT2D eigenvalue weighted by Crippen LogP contribution is 2.29. The molecule has 4 rings (SSSR count). The van der Waals surface area contributed by atoms with E-state index in [1.54, 1.807) is 11.3 Å². The highest BCUT2D eigenvalue weighted by atomic mass is 32.1. The first kappa shape index (κ1) is 13.6. The van der Waals surface area contributed by atoms with Gasteiger partial charge in [0.05, 0.1) is 12.2 Å². The Kier molecular flexibility index (Phi) is 3.70. The van der Waals surface area contributed by atoms with Gasteiger partial charge in [0.1, 0.15) is 5.01 Å². The van der Waals surface area contributed by atoms with Crippen LogP contribution in [0.3, 0.4) is 0 Å². The zero-order valence-electron chi connectivity index (χ0n) is 12.2. The molecule has 0 saturated carbocycles. The van der Waals surface area contributed by atoms with E-state index < -0.39 is 0 Å². The molecule has 3 nitrogen and oxygen atoms in total. The number of nitrogens with zero attached hydrogens (tertiary/aromatic N) is 3. The van der Waals surface area contributed by atoms with E-state index in [1.807, 2.05) is 24.5 Å². The maximum atomic E-state index is 4.76. The molecular formula is C18H17N3S. The lowest BCUT2D eigenvalue weighted by molar-refractivity contribution is 0.139. The number of likely N-dealkylation sites (tertiary alicyclic amines) is 1. The summed E-state index contributed by atoms with van der Waals surface area (Å²) in [5.74, 6) is 0.627. The first-order valence-electron chi connectivity index (χ1n) is 7.50. The van der Waals surface area contributed by atoms with Gasteiger partial charge in [-0.1, -0.05) is 36.4 Å². The molecule has 0 aliphatic carbocycles. The Labute approximate surface area is 134 Å². The molecule has 0 N–H and O–H groups in total. The van der Waals surface area contributed by atoms with Crippen LogP contribution in [0.15, 0.2) is 60.2 Å². The number of benzene rings is 1. The first-order valence-corrected chi connectivity index (χ1v) is 8.38. The van der Waals surface area contributed by atoms with E-state index in [4.69, 9.17) is 4.98 Å². The van der Waals surface area contributed by atoms with Gasteiger partial charge in [0.25, 0.3) is 0 Å². The second-order valence-electron chi connectivity index (χ2n) is 5.67. The molecule has 1 aromatic carbocycles. The van der Waals surface area contributed by atoms with Crippen molar-refractivity contribution in [2.24, 2.45) is 0 Å². The second-order valence-corrected chi connectivity index (χ2v) is 6.61. The molecule has 4 heteroatoms. The van der Waals surface area contributed by atoms with E-state index in [1.165, 1.54) is 16.1 Å². The smallest absolute Gasteiger partial charge is 0.107 e. The summed E-state index contributed by atoms with van der Waals surface area (Å²) in [5, 5.41) is 3.35. The van der Waals surface area contributed by atoms with Crippen molar-refractivity contribution in [2.75, 3.05) is 13.1 Å². The van der Waals surface area contributed by atoms with Gasteiger partial charge in [0.15, 0.2) is 0 Å². The molecule has 0 bridgehead atoms. The second kappa shape index (κ2) is 5.99. The first-order chi connectivity index (χ1) is 10.9. The molecule has 0 unspecified atom stereocenters. The third kappa shape index (κ3) is 2.80. The standard InChI is InChI=1S/C18H17N3S/c1-2-5-14(6-3-1)17-13-22-18(20-17)12-21-10-16(11-21)15-7-4-8-19-9-15/h1-9,13,16H,10-12H2. The van der Waals surface area contributed by atoms with Gasteiger partial charge in [-0.2, -0.15) is 0 Å². The molecule has 0 amide bonds. The molecular weight excluding hydrogens is 290 g/mol. The minimum atomic E-state index is 0.627. The number of aromatic nitrogens is 2. The Hall–Kier alpha value is -2.04. The zero-order chi connectivity index (χ0) is 14.8. The summed E-state index contributed by atoms with van der Waals surface area (Å²) in [6.07, 6.45) is 3.82. The molecule has 0 radical (unpaired) electrons. The van der Waals surface area contributed by atoms with Gasteiger partial charge in [-0.25, -0.2) is 4.98 Å². The van der Waals surface area contributed by atoms with E-state index in [0.29, 0.717) is 5.92 Å². The summed E-state index contributed by atoms with van der Waals surface area (Å²) < 4.78 is 0. The van der Waals surface area contributed by atoms with Gasteiger partial charge >= 0.3 is 0 Å². The molecule has 2 aromatic heterocycles. The lowest BCUT2D eigenvalue weighted by Gasteiger charge is -2.38. The van der Waals surface area contributed by atoms with E-state index in [2.05, 4.69) is 45.6 Å². The molecule has 3 aromatic rings. The average molecular weight is 307 g/mol. The van der Waals surface area contributed by atoms with Crippen molar-refractivity contribution >= 4 is 11.3 Å². The van der Waals surface area contributed by atoms with Crippen LogP contribution in [-0.4, -0.2) is 28.0 Å². The summed E-state index contributed by atoms with van der Waals surface area (Å²) in [6, 6.07) is 14.6. The van der Waals surface area contributed by atoms with Crippen LogP contribution in [0, 0.1) is 0 Å². The Morgan fingerprint density at radius 3 is 2.73 bits per heavy atom. The summed E-state index contributed by atoms with van der Waals surface area (Å²) in [6.45, 7) is 3.16. The number of rotatable bonds is 4. The minimum absolute atomic E-state index is 0.627. The third-order valence-corrected chi connectivity index (χ3v) is 4.93. The van der Waals surface area contributed by atoms with Crippen LogP contribution in [0.5, 0.6) is 0 Å². The van der Waals surface area contributed by atoms with Crippen molar-refractivity contribution < 1.29 is 0 Å². The molecule has 3 heterocycles. The van der Waals surface area contributed by atoms with Crippen molar-refractivity contribution in [1.82, 2.24) is 14.9 Å². The Morgan fingerprint density at radius 1 is 1.09 bits per heavy atom. The molecule has 1 saturated heterocycles. The third-order valence-electron chi connectivity index (χ3n) is 4.09. The van der Waals surface area contributed by atoms with Gasteiger partial charge in [-0.15, -0.1) is 11.3 Å². The predicted molar refractivity (Wildman–Crippen MR) is 89.8 cm³/mol. The van der Waals surface area contributed by atoms with Gasteiger partial charge < -0.3 is 0 Å². The van der Waals surface area contributed by atoms with Crippen LogP contribution >= 0.6 is 11.3 Å². The minimum Gasteiger partial charge on any atom is -0.295 e. The number of hydrogen-bond donors (Lipinski definition) is 0. The largest absolute Gasteiger partial charge is 0.295 e. The zero-order valence-corrected chi connectivity index (χ0v) is 13.0.